The van der Waals surface area contributed by atoms with Crippen LogP contribution < -0.4 is 5.32 Å². The van der Waals surface area contributed by atoms with Crippen LogP contribution >= 0.6 is 11.3 Å². The van der Waals surface area contributed by atoms with Crippen LogP contribution in [0, 0.1) is 19.8 Å². The molecule has 1 unspecified atom stereocenters. The summed E-state index contributed by atoms with van der Waals surface area (Å²) in [6.07, 6.45) is 8.44. The maximum atomic E-state index is 4.80. The minimum absolute atomic E-state index is 0.429. The minimum atomic E-state index is 0.429. The summed E-state index contributed by atoms with van der Waals surface area (Å²) in [5.74, 6) is 0.950. The lowest BCUT2D eigenvalue weighted by molar-refractivity contribution is 0.0311. The Morgan fingerprint density at radius 3 is 2.67 bits per heavy atom. The number of nitrogens with zero attached hydrogens (tertiary/aromatic N) is 2. The van der Waals surface area contributed by atoms with Gasteiger partial charge in [0, 0.05) is 29.5 Å². The molecular formula is C17H27N3S. The molecule has 0 amide bonds. The van der Waals surface area contributed by atoms with Gasteiger partial charge < -0.3 is 5.32 Å². The Morgan fingerprint density at radius 2 is 2.05 bits per heavy atom. The molecular weight excluding hydrogens is 278 g/mol. The molecule has 4 rings (SSSR count). The van der Waals surface area contributed by atoms with Crippen molar-refractivity contribution in [1.29, 1.82) is 0 Å². The smallest absolute Gasteiger partial charge is 0.107 e. The van der Waals surface area contributed by atoms with Crippen molar-refractivity contribution in [1.82, 2.24) is 15.2 Å². The second-order valence-electron chi connectivity index (χ2n) is 7.39. The standard InChI is InChI=1S/C17H27N3S/c1-12-13(2)21-16(19-12)10-20-9-15(14-5-6-14)18-11-17(20)7-3-4-8-17/h14-15,18H,3-11H2,1-2H3. The van der Waals surface area contributed by atoms with Gasteiger partial charge >= 0.3 is 0 Å². The molecule has 1 saturated heterocycles. The van der Waals surface area contributed by atoms with Gasteiger partial charge in [-0.2, -0.15) is 0 Å². The molecule has 1 atom stereocenters. The fourth-order valence-electron chi connectivity index (χ4n) is 4.27. The highest BCUT2D eigenvalue weighted by Gasteiger charge is 2.46. The highest BCUT2D eigenvalue weighted by atomic mass is 32.1. The number of piperazine rings is 1. The summed E-state index contributed by atoms with van der Waals surface area (Å²) in [4.78, 5) is 8.99. The van der Waals surface area contributed by atoms with Gasteiger partial charge in [0.1, 0.15) is 5.01 Å². The lowest BCUT2D eigenvalue weighted by Crippen LogP contribution is -2.63. The molecule has 0 bridgehead atoms. The number of thiazole rings is 1. The van der Waals surface area contributed by atoms with Crippen molar-refractivity contribution in [3.05, 3.63) is 15.6 Å². The lowest BCUT2D eigenvalue weighted by Gasteiger charge is -2.48. The molecule has 1 aliphatic heterocycles. The zero-order chi connectivity index (χ0) is 14.4. The third-order valence-electron chi connectivity index (χ3n) is 5.91. The second kappa shape index (κ2) is 5.32. The van der Waals surface area contributed by atoms with Crippen molar-refractivity contribution >= 4 is 11.3 Å². The summed E-state index contributed by atoms with van der Waals surface area (Å²) in [5, 5.41) is 5.21. The molecule has 21 heavy (non-hydrogen) atoms. The second-order valence-corrected chi connectivity index (χ2v) is 8.67. The fourth-order valence-corrected chi connectivity index (χ4v) is 5.22. The molecule has 2 heterocycles. The van der Waals surface area contributed by atoms with Crippen LogP contribution in [0.5, 0.6) is 0 Å². The third-order valence-corrected chi connectivity index (χ3v) is 6.96. The van der Waals surface area contributed by atoms with E-state index in [1.54, 1.807) is 0 Å². The zero-order valence-corrected chi connectivity index (χ0v) is 14.1. The van der Waals surface area contributed by atoms with E-state index >= 15 is 0 Å². The summed E-state index contributed by atoms with van der Waals surface area (Å²) in [6.45, 7) is 7.86. The van der Waals surface area contributed by atoms with Crippen LogP contribution in [0.3, 0.4) is 0 Å². The molecule has 0 aromatic carbocycles. The van der Waals surface area contributed by atoms with Crippen LogP contribution in [0.4, 0.5) is 0 Å². The van der Waals surface area contributed by atoms with E-state index in [4.69, 9.17) is 4.98 Å². The molecule has 1 N–H and O–H groups in total. The van der Waals surface area contributed by atoms with Gasteiger partial charge in [-0.15, -0.1) is 11.3 Å². The molecule has 116 valence electrons. The van der Waals surface area contributed by atoms with E-state index in [1.807, 2.05) is 11.3 Å². The molecule has 0 radical (unpaired) electrons. The maximum absolute atomic E-state index is 4.80. The van der Waals surface area contributed by atoms with E-state index in [9.17, 15) is 0 Å². The summed E-state index contributed by atoms with van der Waals surface area (Å²) >= 11 is 1.90. The van der Waals surface area contributed by atoms with Crippen LogP contribution in [0.1, 0.15) is 54.1 Å². The molecule has 4 heteroatoms. The number of aryl methyl sites for hydroxylation is 2. The molecule has 1 spiro atoms. The van der Waals surface area contributed by atoms with Gasteiger partial charge in [-0.3, -0.25) is 4.90 Å². The zero-order valence-electron chi connectivity index (χ0n) is 13.3. The highest BCUT2D eigenvalue weighted by molar-refractivity contribution is 7.11. The van der Waals surface area contributed by atoms with Gasteiger partial charge in [0.15, 0.2) is 0 Å². The average Bonchev–Trinajstić information content (AvgIpc) is 3.13. The first-order chi connectivity index (χ1) is 10.2. The predicted molar refractivity (Wildman–Crippen MR) is 87.7 cm³/mol. The Balaban J connectivity index is 1.54. The Morgan fingerprint density at radius 1 is 1.29 bits per heavy atom. The molecule has 3 aliphatic rings. The Hall–Kier alpha value is -0.450. The van der Waals surface area contributed by atoms with Gasteiger partial charge in [0.05, 0.1) is 12.2 Å². The topological polar surface area (TPSA) is 28.2 Å². The van der Waals surface area contributed by atoms with Gasteiger partial charge in [0.25, 0.3) is 0 Å². The number of aromatic nitrogens is 1. The molecule has 1 aromatic heterocycles. The van der Waals surface area contributed by atoms with Crippen molar-refractivity contribution in [2.75, 3.05) is 13.1 Å². The van der Waals surface area contributed by atoms with E-state index in [0.29, 0.717) is 5.54 Å². The normalized spacial score (nSPS) is 29.3. The van der Waals surface area contributed by atoms with Gasteiger partial charge in [0.2, 0.25) is 0 Å². The largest absolute Gasteiger partial charge is 0.311 e. The summed E-state index contributed by atoms with van der Waals surface area (Å²) in [7, 11) is 0. The summed E-state index contributed by atoms with van der Waals surface area (Å²) in [5.41, 5.74) is 1.66. The number of nitrogens with one attached hydrogen (secondary N) is 1. The third kappa shape index (κ3) is 2.66. The van der Waals surface area contributed by atoms with E-state index in [2.05, 4.69) is 24.1 Å². The lowest BCUT2D eigenvalue weighted by atomic mass is 9.90. The molecule has 3 nitrogen and oxygen atoms in total. The van der Waals surface area contributed by atoms with Crippen LogP contribution in [0.2, 0.25) is 0 Å². The van der Waals surface area contributed by atoms with Crippen molar-refractivity contribution in [3.63, 3.8) is 0 Å². The molecule has 3 fully saturated rings. The summed E-state index contributed by atoms with van der Waals surface area (Å²) < 4.78 is 0. The Kier molecular flexibility index (Phi) is 3.59. The van der Waals surface area contributed by atoms with Crippen LogP contribution in [0.25, 0.3) is 0 Å². The van der Waals surface area contributed by atoms with Crippen molar-refractivity contribution in [3.8, 4) is 0 Å². The summed E-state index contributed by atoms with van der Waals surface area (Å²) in [6, 6.07) is 0.735. The minimum Gasteiger partial charge on any atom is -0.311 e. The van der Waals surface area contributed by atoms with E-state index in [0.717, 1.165) is 18.5 Å². The van der Waals surface area contributed by atoms with Crippen molar-refractivity contribution in [2.45, 2.75) is 70.5 Å². The number of hydrogen-bond donors (Lipinski definition) is 1. The van der Waals surface area contributed by atoms with Crippen molar-refractivity contribution < 1.29 is 0 Å². The fraction of sp³-hybridized carbons (Fsp3) is 0.824. The Bertz CT molecular complexity index is 495. The molecule has 2 aliphatic carbocycles. The van der Waals surface area contributed by atoms with Crippen molar-refractivity contribution in [2.24, 2.45) is 5.92 Å². The quantitative estimate of drug-likeness (QED) is 0.929. The molecule has 1 aromatic rings. The first-order valence-corrected chi connectivity index (χ1v) is 9.39. The van der Waals surface area contributed by atoms with Gasteiger partial charge in [-0.1, -0.05) is 12.8 Å². The van der Waals surface area contributed by atoms with Crippen LogP contribution in [-0.2, 0) is 6.54 Å². The molecule has 2 saturated carbocycles. The van der Waals surface area contributed by atoms with Gasteiger partial charge in [-0.25, -0.2) is 4.98 Å². The average molecular weight is 305 g/mol. The first-order valence-electron chi connectivity index (χ1n) is 8.58. The highest BCUT2D eigenvalue weighted by Crippen LogP contribution is 2.42. The first kappa shape index (κ1) is 14.2. The Labute approximate surface area is 132 Å². The van der Waals surface area contributed by atoms with Crippen LogP contribution in [-0.4, -0.2) is 34.6 Å². The van der Waals surface area contributed by atoms with E-state index in [-0.39, 0.29) is 0 Å². The monoisotopic (exact) mass is 305 g/mol. The van der Waals surface area contributed by atoms with E-state index in [1.165, 1.54) is 67.2 Å². The van der Waals surface area contributed by atoms with Crippen LogP contribution in [0.15, 0.2) is 0 Å². The SMILES string of the molecule is Cc1nc(CN2CC(C3CC3)NCC23CCCC3)sc1C. The number of rotatable bonds is 3. The predicted octanol–water partition coefficient (Wildman–Crippen LogP) is 3.26. The maximum Gasteiger partial charge on any atom is 0.107 e. The van der Waals surface area contributed by atoms with E-state index < -0.39 is 0 Å². The van der Waals surface area contributed by atoms with Gasteiger partial charge in [-0.05, 0) is 45.4 Å². The number of hydrogen-bond acceptors (Lipinski definition) is 4.